The van der Waals surface area contributed by atoms with E-state index in [9.17, 15) is 0 Å². The summed E-state index contributed by atoms with van der Waals surface area (Å²) < 4.78 is 0. The van der Waals surface area contributed by atoms with E-state index in [1.54, 1.807) is 0 Å². The van der Waals surface area contributed by atoms with Gasteiger partial charge in [0, 0.05) is 20.1 Å². The molecule has 0 saturated heterocycles. The third kappa shape index (κ3) is 2.38. The van der Waals surface area contributed by atoms with Crippen LogP contribution in [0.1, 0.15) is 13.8 Å². The SMILES string of the molecule is CCNc1ccccc1N(C)CC. The molecule has 0 radical (unpaired) electrons. The van der Waals surface area contributed by atoms with Gasteiger partial charge in [0.1, 0.15) is 0 Å². The van der Waals surface area contributed by atoms with E-state index >= 15 is 0 Å². The van der Waals surface area contributed by atoms with E-state index in [2.05, 4.69) is 55.4 Å². The Morgan fingerprint density at radius 1 is 1.23 bits per heavy atom. The van der Waals surface area contributed by atoms with Crippen molar-refractivity contribution >= 4 is 11.4 Å². The van der Waals surface area contributed by atoms with Crippen LogP contribution in [0, 0.1) is 0 Å². The summed E-state index contributed by atoms with van der Waals surface area (Å²) in [5.74, 6) is 0. The number of hydrogen-bond donors (Lipinski definition) is 1. The molecule has 72 valence electrons. The molecule has 0 aromatic heterocycles. The Bertz CT molecular complexity index is 258. The first-order valence-corrected chi connectivity index (χ1v) is 4.83. The monoisotopic (exact) mass is 178 g/mol. The maximum Gasteiger partial charge on any atom is 0.0599 e. The average Bonchev–Trinajstić information content (AvgIpc) is 2.18. The maximum absolute atomic E-state index is 3.35. The van der Waals surface area contributed by atoms with Gasteiger partial charge < -0.3 is 10.2 Å². The molecule has 1 aromatic carbocycles. The molecule has 1 aromatic rings. The first-order valence-electron chi connectivity index (χ1n) is 4.83. The minimum absolute atomic E-state index is 0.967. The van der Waals surface area contributed by atoms with Crippen LogP contribution in [0.15, 0.2) is 24.3 Å². The van der Waals surface area contributed by atoms with Gasteiger partial charge in [-0.05, 0) is 26.0 Å². The number of hydrogen-bond acceptors (Lipinski definition) is 2. The van der Waals surface area contributed by atoms with Gasteiger partial charge in [-0.25, -0.2) is 0 Å². The number of nitrogens with one attached hydrogen (secondary N) is 1. The van der Waals surface area contributed by atoms with Crippen LogP contribution in [0.5, 0.6) is 0 Å². The number of rotatable bonds is 4. The lowest BCUT2D eigenvalue weighted by Gasteiger charge is -2.20. The Kier molecular flexibility index (Phi) is 3.62. The third-order valence-corrected chi connectivity index (χ3v) is 2.16. The van der Waals surface area contributed by atoms with Crippen LogP contribution in [-0.4, -0.2) is 20.1 Å². The van der Waals surface area contributed by atoms with Crippen molar-refractivity contribution in [1.82, 2.24) is 0 Å². The lowest BCUT2D eigenvalue weighted by atomic mass is 10.2. The van der Waals surface area contributed by atoms with E-state index in [-0.39, 0.29) is 0 Å². The smallest absolute Gasteiger partial charge is 0.0599 e. The molecule has 0 spiro atoms. The lowest BCUT2D eigenvalue weighted by Crippen LogP contribution is -2.17. The van der Waals surface area contributed by atoms with E-state index in [0.29, 0.717) is 0 Å². The molecule has 0 heterocycles. The van der Waals surface area contributed by atoms with Crippen molar-refractivity contribution in [3.63, 3.8) is 0 Å². The molecule has 1 N–H and O–H groups in total. The summed E-state index contributed by atoms with van der Waals surface area (Å²) in [5.41, 5.74) is 2.49. The zero-order chi connectivity index (χ0) is 9.68. The molecule has 13 heavy (non-hydrogen) atoms. The van der Waals surface area contributed by atoms with Crippen molar-refractivity contribution in [1.29, 1.82) is 0 Å². The first-order chi connectivity index (χ1) is 6.29. The van der Waals surface area contributed by atoms with Crippen LogP contribution in [0.4, 0.5) is 11.4 Å². The minimum atomic E-state index is 0.967. The van der Waals surface area contributed by atoms with Crippen LogP contribution in [-0.2, 0) is 0 Å². The first kappa shape index (κ1) is 9.90. The Morgan fingerprint density at radius 3 is 2.54 bits per heavy atom. The summed E-state index contributed by atoms with van der Waals surface area (Å²) in [7, 11) is 2.11. The van der Waals surface area contributed by atoms with Gasteiger partial charge in [0.15, 0.2) is 0 Å². The molecule has 0 fully saturated rings. The van der Waals surface area contributed by atoms with E-state index in [0.717, 1.165) is 13.1 Å². The van der Waals surface area contributed by atoms with Crippen LogP contribution in [0.3, 0.4) is 0 Å². The molecule has 0 aliphatic carbocycles. The van der Waals surface area contributed by atoms with Gasteiger partial charge >= 0.3 is 0 Å². The minimum Gasteiger partial charge on any atom is -0.384 e. The van der Waals surface area contributed by atoms with E-state index in [1.807, 2.05) is 0 Å². The van der Waals surface area contributed by atoms with Crippen molar-refractivity contribution in [2.45, 2.75) is 13.8 Å². The Labute approximate surface area is 80.6 Å². The zero-order valence-electron chi connectivity index (χ0n) is 8.67. The molecule has 0 amide bonds. The Hall–Kier alpha value is -1.18. The summed E-state index contributed by atoms with van der Waals surface area (Å²) >= 11 is 0. The summed E-state index contributed by atoms with van der Waals surface area (Å²) in [5, 5.41) is 3.35. The normalized spacial score (nSPS) is 9.77. The molecule has 2 nitrogen and oxygen atoms in total. The molecule has 0 atom stereocenters. The molecule has 2 heteroatoms. The van der Waals surface area contributed by atoms with Gasteiger partial charge in [0.25, 0.3) is 0 Å². The van der Waals surface area contributed by atoms with Gasteiger partial charge in [0.2, 0.25) is 0 Å². The fourth-order valence-electron chi connectivity index (χ4n) is 1.32. The topological polar surface area (TPSA) is 15.3 Å². The molecule has 0 bridgehead atoms. The molecule has 0 aliphatic rings. The van der Waals surface area contributed by atoms with Gasteiger partial charge in [-0.1, -0.05) is 12.1 Å². The highest BCUT2D eigenvalue weighted by molar-refractivity contribution is 5.69. The van der Waals surface area contributed by atoms with Crippen LogP contribution >= 0.6 is 0 Å². The fraction of sp³-hybridized carbons (Fsp3) is 0.455. The standard InChI is InChI=1S/C11H18N2/c1-4-12-10-8-6-7-9-11(10)13(3)5-2/h6-9,12H,4-5H2,1-3H3. The molecule has 0 aliphatic heterocycles. The second kappa shape index (κ2) is 4.75. The zero-order valence-corrected chi connectivity index (χ0v) is 8.67. The second-order valence-corrected chi connectivity index (χ2v) is 3.06. The summed E-state index contributed by atoms with van der Waals surface area (Å²) in [6.45, 7) is 6.27. The van der Waals surface area contributed by atoms with Crippen LogP contribution < -0.4 is 10.2 Å². The van der Waals surface area contributed by atoms with Crippen molar-refractivity contribution in [3.05, 3.63) is 24.3 Å². The Morgan fingerprint density at radius 2 is 1.92 bits per heavy atom. The largest absolute Gasteiger partial charge is 0.384 e. The van der Waals surface area contributed by atoms with Crippen molar-refractivity contribution < 1.29 is 0 Å². The van der Waals surface area contributed by atoms with Crippen molar-refractivity contribution in [2.24, 2.45) is 0 Å². The number of nitrogens with zero attached hydrogens (tertiary/aromatic N) is 1. The second-order valence-electron chi connectivity index (χ2n) is 3.06. The van der Waals surface area contributed by atoms with Crippen LogP contribution in [0.2, 0.25) is 0 Å². The molecular formula is C11H18N2. The number of para-hydroxylation sites is 2. The summed E-state index contributed by atoms with van der Waals surface area (Å²) in [4.78, 5) is 2.23. The predicted molar refractivity (Wildman–Crippen MR) is 59.5 cm³/mol. The fourth-order valence-corrected chi connectivity index (χ4v) is 1.32. The molecule has 0 saturated carbocycles. The summed E-state index contributed by atoms with van der Waals surface area (Å²) in [6, 6.07) is 8.39. The van der Waals surface area contributed by atoms with Crippen molar-refractivity contribution in [3.8, 4) is 0 Å². The maximum atomic E-state index is 3.35. The third-order valence-electron chi connectivity index (χ3n) is 2.16. The predicted octanol–water partition coefficient (Wildman–Crippen LogP) is 2.57. The van der Waals surface area contributed by atoms with E-state index < -0.39 is 0 Å². The number of benzene rings is 1. The van der Waals surface area contributed by atoms with E-state index in [4.69, 9.17) is 0 Å². The quantitative estimate of drug-likeness (QED) is 0.762. The molecule has 1 rings (SSSR count). The summed E-state index contributed by atoms with van der Waals surface area (Å²) in [6.07, 6.45) is 0. The van der Waals surface area contributed by atoms with Gasteiger partial charge in [-0.3, -0.25) is 0 Å². The molecule has 0 unspecified atom stereocenters. The van der Waals surface area contributed by atoms with Crippen molar-refractivity contribution in [2.75, 3.05) is 30.4 Å². The average molecular weight is 178 g/mol. The van der Waals surface area contributed by atoms with Gasteiger partial charge in [-0.15, -0.1) is 0 Å². The number of anilines is 2. The highest BCUT2D eigenvalue weighted by Gasteiger charge is 2.02. The highest BCUT2D eigenvalue weighted by atomic mass is 15.1. The lowest BCUT2D eigenvalue weighted by molar-refractivity contribution is 0.967. The Balaban J connectivity index is 2.90. The highest BCUT2D eigenvalue weighted by Crippen LogP contribution is 2.23. The molecular weight excluding hydrogens is 160 g/mol. The van der Waals surface area contributed by atoms with Gasteiger partial charge in [-0.2, -0.15) is 0 Å². The van der Waals surface area contributed by atoms with E-state index in [1.165, 1.54) is 11.4 Å². The van der Waals surface area contributed by atoms with Gasteiger partial charge in [0.05, 0.1) is 11.4 Å². The van der Waals surface area contributed by atoms with Crippen LogP contribution in [0.25, 0.3) is 0 Å².